The molecule has 2 aromatic carbocycles. The van der Waals surface area contributed by atoms with E-state index in [-0.39, 0.29) is 17.7 Å². The molecule has 0 unspecified atom stereocenters. The molecule has 2 atom stereocenters. The molecule has 1 amide bonds. The van der Waals surface area contributed by atoms with E-state index in [9.17, 15) is 9.59 Å². The first-order valence-electron chi connectivity index (χ1n) is 9.74. The molecular formula is C23H27NO3. The lowest BCUT2D eigenvalue weighted by Crippen LogP contribution is -2.46. The average Bonchev–Trinajstić information content (AvgIpc) is 2.68. The molecule has 0 saturated carbocycles. The molecule has 0 N–H and O–H groups in total. The Kier molecular flexibility index (Phi) is 5.94. The molecule has 1 aliphatic heterocycles. The highest BCUT2D eigenvalue weighted by atomic mass is 16.6. The second kappa shape index (κ2) is 8.38. The number of hydrogen-bond donors (Lipinski definition) is 0. The van der Waals surface area contributed by atoms with Gasteiger partial charge in [0, 0.05) is 11.5 Å². The van der Waals surface area contributed by atoms with Crippen LogP contribution in [0, 0.1) is 12.8 Å². The second-order valence-electron chi connectivity index (χ2n) is 7.00. The van der Waals surface area contributed by atoms with E-state index in [4.69, 9.17) is 4.74 Å². The van der Waals surface area contributed by atoms with Gasteiger partial charge < -0.3 is 4.74 Å². The maximum absolute atomic E-state index is 13.4. The van der Waals surface area contributed by atoms with E-state index in [0.717, 1.165) is 30.4 Å². The maximum atomic E-state index is 13.4. The number of carbonyl (C=O) groups excluding carboxylic acids is 2. The minimum absolute atomic E-state index is 0.118. The van der Waals surface area contributed by atoms with Gasteiger partial charge in [0.25, 0.3) is 0 Å². The Morgan fingerprint density at radius 2 is 1.78 bits per heavy atom. The monoisotopic (exact) mass is 365 g/mol. The number of rotatable bonds is 5. The van der Waals surface area contributed by atoms with Crippen LogP contribution >= 0.6 is 0 Å². The van der Waals surface area contributed by atoms with Crippen molar-refractivity contribution in [2.24, 2.45) is 5.92 Å². The van der Waals surface area contributed by atoms with Gasteiger partial charge in [-0.3, -0.25) is 9.69 Å². The second-order valence-corrected chi connectivity index (χ2v) is 7.00. The summed E-state index contributed by atoms with van der Waals surface area (Å²) in [5.41, 5.74) is 3.33. The number of hydrogen-bond acceptors (Lipinski definition) is 3. The van der Waals surface area contributed by atoms with Gasteiger partial charge in [-0.25, -0.2) is 4.79 Å². The van der Waals surface area contributed by atoms with E-state index in [1.807, 2.05) is 55.5 Å². The van der Waals surface area contributed by atoms with Gasteiger partial charge in [0.2, 0.25) is 0 Å². The van der Waals surface area contributed by atoms with Crippen molar-refractivity contribution in [3.05, 3.63) is 65.2 Å². The van der Waals surface area contributed by atoms with Crippen LogP contribution in [0.25, 0.3) is 0 Å². The van der Waals surface area contributed by atoms with Crippen LogP contribution in [0.5, 0.6) is 0 Å². The van der Waals surface area contributed by atoms with Gasteiger partial charge in [-0.05, 0) is 43.5 Å². The van der Waals surface area contributed by atoms with Crippen LogP contribution in [0.15, 0.2) is 48.5 Å². The van der Waals surface area contributed by atoms with E-state index in [0.29, 0.717) is 17.9 Å². The zero-order valence-electron chi connectivity index (χ0n) is 16.3. The summed E-state index contributed by atoms with van der Waals surface area (Å²) in [7, 11) is 0. The fraction of sp³-hybridized carbons (Fsp3) is 0.391. The Balaban J connectivity index is 2.20. The molecule has 0 saturated heterocycles. The number of nitrogens with zero attached hydrogens (tertiary/aromatic N) is 1. The number of carbonyl (C=O) groups is 2. The number of unbranched alkanes of at least 4 members (excludes halogenated alkanes) is 1. The predicted molar refractivity (Wildman–Crippen MR) is 107 cm³/mol. The molecule has 0 radical (unpaired) electrons. The predicted octanol–water partition coefficient (Wildman–Crippen LogP) is 5.70. The van der Waals surface area contributed by atoms with Crippen molar-refractivity contribution >= 4 is 17.6 Å². The van der Waals surface area contributed by atoms with Crippen molar-refractivity contribution in [2.45, 2.75) is 46.1 Å². The van der Waals surface area contributed by atoms with Crippen LogP contribution in [0.1, 0.15) is 60.6 Å². The van der Waals surface area contributed by atoms with Crippen molar-refractivity contribution in [2.75, 3.05) is 11.5 Å². The molecule has 4 heteroatoms. The highest BCUT2D eigenvalue weighted by molar-refractivity contribution is 6.09. The van der Waals surface area contributed by atoms with Crippen molar-refractivity contribution in [3.63, 3.8) is 0 Å². The molecule has 0 fully saturated rings. The molecule has 0 bridgehead atoms. The van der Waals surface area contributed by atoms with Gasteiger partial charge in [0.15, 0.2) is 5.78 Å². The maximum Gasteiger partial charge on any atom is 0.414 e. The first kappa shape index (κ1) is 19.2. The number of benzene rings is 2. The SMILES string of the molecule is CCCC[C@@H]1C(=O)c2ccccc2N(C(=O)OCC)[C@H]1c1ccccc1C. The van der Waals surface area contributed by atoms with Crippen molar-refractivity contribution in [1.29, 1.82) is 0 Å². The number of ketones is 1. The third-order valence-corrected chi connectivity index (χ3v) is 5.27. The fourth-order valence-corrected chi connectivity index (χ4v) is 3.96. The quantitative estimate of drug-likeness (QED) is 0.682. The smallest absolute Gasteiger partial charge is 0.414 e. The van der Waals surface area contributed by atoms with Gasteiger partial charge in [-0.15, -0.1) is 0 Å². The lowest BCUT2D eigenvalue weighted by Gasteiger charge is -2.41. The Labute approximate surface area is 161 Å². The number of fused-ring (bicyclic) bond motifs is 1. The lowest BCUT2D eigenvalue weighted by atomic mass is 9.77. The van der Waals surface area contributed by atoms with Crippen LogP contribution in [0.2, 0.25) is 0 Å². The number of ether oxygens (including phenoxy) is 1. The summed E-state index contributed by atoms with van der Waals surface area (Å²) in [6.07, 6.45) is 2.30. The zero-order chi connectivity index (χ0) is 19.4. The average molecular weight is 365 g/mol. The molecule has 27 heavy (non-hydrogen) atoms. The van der Waals surface area contributed by atoms with Crippen LogP contribution in [-0.2, 0) is 4.74 Å². The zero-order valence-corrected chi connectivity index (χ0v) is 16.3. The number of aryl methyl sites for hydroxylation is 1. The first-order chi connectivity index (χ1) is 13.1. The summed E-state index contributed by atoms with van der Waals surface area (Å²) in [6, 6.07) is 15.0. The van der Waals surface area contributed by atoms with Gasteiger partial charge in [0.05, 0.1) is 18.3 Å². The Morgan fingerprint density at radius 1 is 1.07 bits per heavy atom. The number of amides is 1. The molecule has 0 spiro atoms. The summed E-state index contributed by atoms with van der Waals surface area (Å²) < 4.78 is 5.39. The lowest BCUT2D eigenvalue weighted by molar-refractivity contribution is 0.0870. The standard InChI is InChI=1S/C23H27NO3/c1-4-6-12-19-21(17-13-8-7-11-16(17)3)24(23(26)27-5-2)20-15-10-9-14-18(20)22(19)25/h7-11,13-15,19,21H,4-6,12H2,1-3H3/t19-,21-/m0/s1. The molecule has 2 aromatic rings. The molecule has 1 aliphatic rings. The third-order valence-electron chi connectivity index (χ3n) is 5.27. The Morgan fingerprint density at radius 3 is 2.48 bits per heavy atom. The minimum atomic E-state index is -0.396. The van der Waals surface area contributed by atoms with Gasteiger partial charge in [0.1, 0.15) is 0 Å². The molecule has 0 aromatic heterocycles. The van der Waals surface area contributed by atoms with Crippen LogP contribution in [0.4, 0.5) is 10.5 Å². The summed E-state index contributed by atoms with van der Waals surface area (Å²) in [6.45, 7) is 6.25. The summed E-state index contributed by atoms with van der Waals surface area (Å²) in [5, 5.41) is 0. The normalized spacial score (nSPS) is 18.9. The molecule has 1 heterocycles. The van der Waals surface area contributed by atoms with E-state index >= 15 is 0 Å². The highest BCUT2D eigenvalue weighted by Crippen LogP contribution is 2.45. The number of anilines is 1. The Bertz CT molecular complexity index is 830. The summed E-state index contributed by atoms with van der Waals surface area (Å²) in [5.74, 6) is -0.154. The molecule has 0 aliphatic carbocycles. The van der Waals surface area contributed by atoms with Crippen LogP contribution < -0.4 is 4.90 Å². The minimum Gasteiger partial charge on any atom is -0.449 e. The van der Waals surface area contributed by atoms with E-state index in [1.54, 1.807) is 11.8 Å². The fourth-order valence-electron chi connectivity index (χ4n) is 3.96. The molecular weight excluding hydrogens is 338 g/mol. The molecule has 142 valence electrons. The van der Waals surface area contributed by atoms with Crippen LogP contribution in [0.3, 0.4) is 0 Å². The van der Waals surface area contributed by atoms with E-state index in [2.05, 4.69) is 6.92 Å². The van der Waals surface area contributed by atoms with Crippen molar-refractivity contribution in [3.8, 4) is 0 Å². The topological polar surface area (TPSA) is 46.6 Å². The number of Topliss-reactive ketones (excluding diaryl/α,β-unsaturated/α-hetero) is 1. The van der Waals surface area contributed by atoms with E-state index in [1.165, 1.54) is 0 Å². The van der Waals surface area contributed by atoms with E-state index < -0.39 is 6.09 Å². The van der Waals surface area contributed by atoms with Gasteiger partial charge >= 0.3 is 6.09 Å². The van der Waals surface area contributed by atoms with Crippen LogP contribution in [-0.4, -0.2) is 18.5 Å². The molecule has 4 nitrogen and oxygen atoms in total. The highest BCUT2D eigenvalue weighted by Gasteiger charge is 2.44. The van der Waals surface area contributed by atoms with Crippen molar-refractivity contribution < 1.29 is 14.3 Å². The van der Waals surface area contributed by atoms with Gasteiger partial charge in [-0.1, -0.05) is 56.2 Å². The van der Waals surface area contributed by atoms with Crippen molar-refractivity contribution in [1.82, 2.24) is 0 Å². The van der Waals surface area contributed by atoms with Gasteiger partial charge in [-0.2, -0.15) is 0 Å². The third kappa shape index (κ3) is 3.61. The first-order valence-corrected chi connectivity index (χ1v) is 9.74. The summed E-state index contributed by atoms with van der Waals surface area (Å²) in [4.78, 5) is 28.0. The Hall–Kier alpha value is -2.62. The number of para-hydroxylation sites is 1. The summed E-state index contributed by atoms with van der Waals surface area (Å²) >= 11 is 0. The largest absolute Gasteiger partial charge is 0.449 e. The molecule has 3 rings (SSSR count).